The number of carboxylic acids is 1. The van der Waals surface area contributed by atoms with Crippen LogP contribution in [-0.2, 0) is 0 Å². The van der Waals surface area contributed by atoms with Gasteiger partial charge in [-0.2, -0.15) is 0 Å². The number of aromatic carboxylic acids is 1. The molecule has 0 radical (unpaired) electrons. The van der Waals surface area contributed by atoms with Crippen molar-refractivity contribution in [2.75, 3.05) is 5.32 Å². The van der Waals surface area contributed by atoms with Crippen LogP contribution in [0.5, 0.6) is 0 Å². The minimum absolute atomic E-state index is 0.0556. The van der Waals surface area contributed by atoms with E-state index in [0.717, 1.165) is 6.07 Å². The van der Waals surface area contributed by atoms with E-state index in [2.05, 4.69) is 20.7 Å². The van der Waals surface area contributed by atoms with E-state index in [1.165, 1.54) is 0 Å². The van der Waals surface area contributed by atoms with E-state index in [0.29, 0.717) is 0 Å². The van der Waals surface area contributed by atoms with E-state index in [1.807, 2.05) is 0 Å². The lowest BCUT2D eigenvalue weighted by Gasteiger charge is -1.98. The number of nitrogens with two attached hydrogens (primary N) is 1. The molecule has 0 spiro atoms. The highest BCUT2D eigenvalue weighted by molar-refractivity contribution is 5.89. The van der Waals surface area contributed by atoms with E-state index in [-0.39, 0.29) is 11.5 Å². The van der Waals surface area contributed by atoms with Gasteiger partial charge in [0.05, 0.1) is 0 Å². The molecule has 0 aliphatic heterocycles. The molecule has 8 heteroatoms. The smallest absolute Gasteiger partial charge is 0.356 e. The highest BCUT2D eigenvalue weighted by Gasteiger charge is 2.07. The molecule has 0 atom stereocenters. The summed E-state index contributed by atoms with van der Waals surface area (Å²) in [7, 11) is 0. The first kappa shape index (κ1) is 8.84. The number of rotatable bonds is 2. The third kappa shape index (κ3) is 2.36. The number of amides is 2. The van der Waals surface area contributed by atoms with Crippen molar-refractivity contribution in [1.82, 2.24) is 15.4 Å². The number of carbonyl (C=O) groups is 2. The van der Waals surface area contributed by atoms with E-state index < -0.39 is 12.0 Å². The highest BCUT2D eigenvalue weighted by Crippen LogP contribution is 2.01. The lowest BCUT2D eigenvalue weighted by Crippen LogP contribution is -2.21. The molecule has 8 nitrogen and oxygen atoms in total. The number of urea groups is 1. The van der Waals surface area contributed by atoms with Gasteiger partial charge in [-0.05, 0) is 5.21 Å². The van der Waals surface area contributed by atoms with Crippen LogP contribution < -0.4 is 11.1 Å². The molecule has 0 fully saturated rings. The van der Waals surface area contributed by atoms with Gasteiger partial charge in [0.2, 0.25) is 0 Å². The molecule has 1 rings (SSSR count). The summed E-state index contributed by atoms with van der Waals surface area (Å²) in [4.78, 5) is 20.7. The minimum atomic E-state index is -1.26. The fourth-order valence-corrected chi connectivity index (χ4v) is 0.598. The van der Waals surface area contributed by atoms with Gasteiger partial charge in [0.25, 0.3) is 0 Å². The predicted octanol–water partition coefficient (Wildman–Crippen LogP) is -0.940. The number of hydrogen-bond acceptors (Lipinski definition) is 5. The lowest BCUT2D eigenvalue weighted by molar-refractivity contribution is 0.0688. The van der Waals surface area contributed by atoms with Crippen LogP contribution in [-0.4, -0.2) is 32.5 Å². The van der Waals surface area contributed by atoms with Crippen molar-refractivity contribution in [2.45, 2.75) is 0 Å². The van der Waals surface area contributed by atoms with Crippen LogP contribution in [0.3, 0.4) is 0 Å². The molecule has 0 aliphatic rings. The van der Waals surface area contributed by atoms with Crippen LogP contribution in [0.2, 0.25) is 0 Å². The van der Waals surface area contributed by atoms with Crippen molar-refractivity contribution in [1.29, 1.82) is 0 Å². The quantitative estimate of drug-likeness (QED) is 0.542. The minimum Gasteiger partial charge on any atom is -0.476 e. The second-order valence-electron chi connectivity index (χ2n) is 2.00. The standard InChI is InChI=1S/C5H5N5O3/c6-5(13)7-3-1-2(4(11)12)8-10-9-3/h1H,(H,11,12)(H3,6,7,8,9,13). The first-order chi connectivity index (χ1) is 6.09. The Kier molecular flexibility index (Phi) is 2.33. The summed E-state index contributed by atoms with van der Waals surface area (Å²) in [5.41, 5.74) is 4.44. The number of anilines is 1. The summed E-state index contributed by atoms with van der Waals surface area (Å²) in [6, 6.07) is 0.192. The number of hydrogen-bond donors (Lipinski definition) is 3. The SMILES string of the molecule is NC(=O)Nc1cc(C(=O)O)nnn1. The number of nitrogens with one attached hydrogen (secondary N) is 1. The molecule has 1 aromatic rings. The molecule has 1 aromatic heterocycles. The van der Waals surface area contributed by atoms with Crippen LogP contribution in [0.15, 0.2) is 6.07 Å². The number of nitrogens with zero attached hydrogens (tertiary/aromatic N) is 3. The van der Waals surface area contributed by atoms with Crippen LogP contribution in [0.1, 0.15) is 10.5 Å². The molecule has 68 valence electrons. The van der Waals surface area contributed by atoms with Crippen molar-refractivity contribution < 1.29 is 14.7 Å². The monoisotopic (exact) mass is 183 g/mol. The largest absolute Gasteiger partial charge is 0.476 e. The number of primary amides is 1. The maximum atomic E-state index is 10.4. The van der Waals surface area contributed by atoms with Crippen molar-refractivity contribution in [3.63, 3.8) is 0 Å². The first-order valence-corrected chi connectivity index (χ1v) is 3.10. The zero-order valence-corrected chi connectivity index (χ0v) is 6.26. The van der Waals surface area contributed by atoms with E-state index >= 15 is 0 Å². The van der Waals surface area contributed by atoms with Gasteiger partial charge in [-0.15, -0.1) is 10.2 Å². The fourth-order valence-electron chi connectivity index (χ4n) is 0.598. The Morgan fingerprint density at radius 2 is 2.15 bits per heavy atom. The predicted molar refractivity (Wildman–Crippen MR) is 40.0 cm³/mol. The molecule has 0 bridgehead atoms. The summed E-state index contributed by atoms with van der Waals surface area (Å²) >= 11 is 0. The van der Waals surface area contributed by atoms with Gasteiger partial charge in [0.15, 0.2) is 11.5 Å². The molecule has 0 aliphatic carbocycles. The second kappa shape index (κ2) is 3.43. The fraction of sp³-hybridized carbons (Fsp3) is 0. The molecule has 13 heavy (non-hydrogen) atoms. The third-order valence-electron chi connectivity index (χ3n) is 1.05. The Morgan fingerprint density at radius 3 is 2.69 bits per heavy atom. The van der Waals surface area contributed by atoms with Gasteiger partial charge in [-0.1, -0.05) is 0 Å². The summed E-state index contributed by atoms with van der Waals surface area (Å²) in [5, 5.41) is 20.2. The van der Waals surface area contributed by atoms with Gasteiger partial charge in [-0.3, -0.25) is 5.32 Å². The Balaban J connectivity index is 2.91. The van der Waals surface area contributed by atoms with E-state index in [4.69, 9.17) is 10.8 Å². The van der Waals surface area contributed by atoms with E-state index in [9.17, 15) is 9.59 Å². The van der Waals surface area contributed by atoms with Gasteiger partial charge in [0, 0.05) is 6.07 Å². The topological polar surface area (TPSA) is 131 Å². The molecular formula is C5H5N5O3. The van der Waals surface area contributed by atoms with Crippen molar-refractivity contribution in [2.24, 2.45) is 5.73 Å². The summed E-state index contributed by atoms with van der Waals surface area (Å²) in [5.74, 6) is -1.32. The molecule has 0 saturated heterocycles. The Hall–Kier alpha value is -2.25. The molecular weight excluding hydrogens is 178 g/mol. The number of aromatic nitrogens is 3. The van der Waals surface area contributed by atoms with E-state index in [1.54, 1.807) is 0 Å². The first-order valence-electron chi connectivity index (χ1n) is 3.10. The Labute approximate surface area is 71.8 Å². The van der Waals surface area contributed by atoms with Crippen LogP contribution >= 0.6 is 0 Å². The lowest BCUT2D eigenvalue weighted by atomic mass is 10.4. The van der Waals surface area contributed by atoms with Crippen LogP contribution in [0.4, 0.5) is 10.6 Å². The van der Waals surface area contributed by atoms with Gasteiger partial charge in [0.1, 0.15) is 0 Å². The van der Waals surface area contributed by atoms with Gasteiger partial charge < -0.3 is 10.8 Å². The normalized spacial score (nSPS) is 9.23. The number of carboxylic acid groups (broad SMARTS) is 1. The number of carbonyl (C=O) groups excluding carboxylic acids is 1. The summed E-state index contributed by atoms with van der Waals surface area (Å²) in [6.45, 7) is 0. The third-order valence-corrected chi connectivity index (χ3v) is 1.05. The summed E-state index contributed by atoms with van der Waals surface area (Å²) in [6.07, 6.45) is 0. The zero-order valence-electron chi connectivity index (χ0n) is 6.26. The van der Waals surface area contributed by atoms with Crippen LogP contribution in [0, 0.1) is 0 Å². The molecule has 0 unspecified atom stereocenters. The molecule has 1 heterocycles. The average molecular weight is 183 g/mol. The zero-order chi connectivity index (χ0) is 9.84. The molecule has 0 aromatic carbocycles. The Bertz CT molecular complexity index is 352. The Morgan fingerprint density at radius 1 is 1.46 bits per heavy atom. The molecule has 4 N–H and O–H groups in total. The summed E-state index contributed by atoms with van der Waals surface area (Å²) < 4.78 is 0. The maximum Gasteiger partial charge on any atom is 0.356 e. The second-order valence-corrected chi connectivity index (χ2v) is 2.00. The molecule has 2 amide bonds. The van der Waals surface area contributed by atoms with Gasteiger partial charge >= 0.3 is 12.0 Å². The molecule has 0 saturated carbocycles. The highest BCUT2D eigenvalue weighted by atomic mass is 16.4. The van der Waals surface area contributed by atoms with Crippen LogP contribution in [0.25, 0.3) is 0 Å². The average Bonchev–Trinajstić information content (AvgIpc) is 2.03. The maximum absolute atomic E-state index is 10.4. The van der Waals surface area contributed by atoms with Crippen molar-refractivity contribution in [3.05, 3.63) is 11.8 Å². The van der Waals surface area contributed by atoms with Crippen molar-refractivity contribution in [3.8, 4) is 0 Å². The van der Waals surface area contributed by atoms with Gasteiger partial charge in [-0.25, -0.2) is 9.59 Å². The van der Waals surface area contributed by atoms with Crippen molar-refractivity contribution >= 4 is 17.8 Å².